The molecule has 1 N–H and O–H groups in total. The lowest BCUT2D eigenvalue weighted by atomic mass is 9.96. The monoisotopic (exact) mass is 404 g/mol. The minimum Gasteiger partial charge on any atom is -0.491 e. The number of ether oxygens (including phenoxy) is 1. The van der Waals surface area contributed by atoms with Gasteiger partial charge in [-0.15, -0.1) is 11.8 Å². The number of benzene rings is 2. The van der Waals surface area contributed by atoms with E-state index in [1.165, 1.54) is 11.8 Å². The average Bonchev–Trinajstić information content (AvgIpc) is 2.63. The van der Waals surface area contributed by atoms with Crippen molar-refractivity contribution in [1.29, 1.82) is 0 Å². The Hall–Kier alpha value is -2.18. The Morgan fingerprint density at radius 1 is 1.19 bits per heavy atom. The molecule has 0 spiro atoms. The Balaban J connectivity index is 1.59. The van der Waals surface area contributed by atoms with Crippen LogP contribution in [-0.2, 0) is 9.59 Å². The fraction of sp³-hybridized carbons (Fsp3) is 0.300. The number of nitrogens with one attached hydrogen (secondary N) is 1. The molecule has 2 aromatic rings. The number of carbonyl (C=O) groups excluding carboxylic acids is 2. The van der Waals surface area contributed by atoms with Crippen molar-refractivity contribution in [3.8, 4) is 5.75 Å². The van der Waals surface area contributed by atoms with Crippen LogP contribution in [0.5, 0.6) is 5.75 Å². The first-order valence-corrected chi connectivity index (χ1v) is 10.1. The normalized spacial score (nSPS) is 15.1. The van der Waals surface area contributed by atoms with Gasteiger partial charge in [-0.05, 0) is 38.1 Å². The summed E-state index contributed by atoms with van der Waals surface area (Å²) in [5.41, 5.74) is 0.433. The Kier molecular flexibility index (Phi) is 5.97. The Morgan fingerprint density at radius 2 is 1.89 bits per heavy atom. The first kappa shape index (κ1) is 19.6. The van der Waals surface area contributed by atoms with Crippen LogP contribution in [-0.4, -0.2) is 35.5 Å². The van der Waals surface area contributed by atoms with Crippen LogP contribution < -0.4 is 15.0 Å². The third-order valence-corrected chi connectivity index (χ3v) is 5.52. The van der Waals surface area contributed by atoms with Gasteiger partial charge in [-0.2, -0.15) is 0 Å². The summed E-state index contributed by atoms with van der Waals surface area (Å²) in [6.07, 6.45) is 0. The van der Waals surface area contributed by atoms with Gasteiger partial charge in [0.05, 0.1) is 28.8 Å². The number of para-hydroxylation sites is 3. The van der Waals surface area contributed by atoms with Crippen molar-refractivity contribution in [2.75, 3.05) is 28.3 Å². The number of carbonyl (C=O) groups is 2. The molecule has 0 fully saturated rings. The molecule has 7 heteroatoms. The van der Waals surface area contributed by atoms with Gasteiger partial charge < -0.3 is 10.1 Å². The van der Waals surface area contributed by atoms with Gasteiger partial charge in [0, 0.05) is 5.75 Å². The van der Waals surface area contributed by atoms with Crippen molar-refractivity contribution < 1.29 is 14.3 Å². The van der Waals surface area contributed by atoms with E-state index in [4.69, 9.17) is 16.3 Å². The number of hydrogen-bond donors (Lipinski definition) is 1. The second-order valence-electron chi connectivity index (χ2n) is 6.59. The topological polar surface area (TPSA) is 58.6 Å². The number of anilines is 2. The van der Waals surface area contributed by atoms with Gasteiger partial charge in [0.1, 0.15) is 11.3 Å². The van der Waals surface area contributed by atoms with Crippen LogP contribution in [0.3, 0.4) is 0 Å². The number of rotatable bonds is 6. The van der Waals surface area contributed by atoms with Crippen molar-refractivity contribution in [3.63, 3.8) is 0 Å². The van der Waals surface area contributed by atoms with Crippen LogP contribution in [0.25, 0.3) is 0 Å². The lowest BCUT2D eigenvalue weighted by Gasteiger charge is -2.42. The van der Waals surface area contributed by atoms with Crippen molar-refractivity contribution in [2.24, 2.45) is 0 Å². The zero-order valence-electron chi connectivity index (χ0n) is 15.2. The minimum absolute atomic E-state index is 0.106. The molecule has 0 saturated heterocycles. The molecule has 0 radical (unpaired) electrons. The number of halogens is 1. The van der Waals surface area contributed by atoms with Gasteiger partial charge in [0.25, 0.3) is 0 Å². The molecule has 5 nitrogen and oxygen atoms in total. The molecule has 3 rings (SSSR count). The number of fused-ring (bicyclic) bond motifs is 1. The third kappa shape index (κ3) is 4.22. The highest BCUT2D eigenvalue weighted by Gasteiger charge is 2.43. The minimum atomic E-state index is -0.944. The third-order valence-electron chi connectivity index (χ3n) is 4.30. The maximum absolute atomic E-state index is 12.9. The number of nitrogens with zero attached hydrogens (tertiary/aromatic N) is 1. The highest BCUT2D eigenvalue weighted by atomic mass is 35.5. The maximum atomic E-state index is 12.9. The smallest absolute Gasteiger partial charge is 0.250 e. The van der Waals surface area contributed by atoms with Crippen molar-refractivity contribution in [1.82, 2.24) is 0 Å². The summed E-state index contributed by atoms with van der Waals surface area (Å²) in [5, 5.41) is 3.43. The average molecular weight is 405 g/mol. The summed E-state index contributed by atoms with van der Waals surface area (Å²) in [6, 6.07) is 14.6. The van der Waals surface area contributed by atoms with Crippen LogP contribution in [0, 0.1) is 0 Å². The molecule has 0 atom stereocenters. The van der Waals surface area contributed by atoms with E-state index in [9.17, 15) is 9.59 Å². The molecule has 1 heterocycles. The molecular weight excluding hydrogens is 384 g/mol. The summed E-state index contributed by atoms with van der Waals surface area (Å²) in [7, 11) is 0. The summed E-state index contributed by atoms with van der Waals surface area (Å²) >= 11 is 7.52. The van der Waals surface area contributed by atoms with Crippen LogP contribution in [0.1, 0.15) is 13.8 Å². The molecule has 1 aliphatic heterocycles. The second-order valence-corrected chi connectivity index (χ2v) is 8.10. The van der Waals surface area contributed by atoms with E-state index in [2.05, 4.69) is 5.32 Å². The molecule has 0 aromatic heterocycles. The molecule has 2 amide bonds. The fourth-order valence-electron chi connectivity index (χ4n) is 2.89. The van der Waals surface area contributed by atoms with Crippen molar-refractivity contribution in [2.45, 2.75) is 19.4 Å². The Labute approximate surface area is 168 Å². The quantitative estimate of drug-likeness (QED) is 0.732. The van der Waals surface area contributed by atoms with Gasteiger partial charge in [-0.3, -0.25) is 14.5 Å². The summed E-state index contributed by atoms with van der Waals surface area (Å²) in [4.78, 5) is 26.9. The van der Waals surface area contributed by atoms with Crippen molar-refractivity contribution in [3.05, 3.63) is 53.6 Å². The fourth-order valence-corrected chi connectivity index (χ4v) is 3.73. The van der Waals surface area contributed by atoms with E-state index < -0.39 is 5.54 Å². The van der Waals surface area contributed by atoms with Gasteiger partial charge in [0.15, 0.2) is 0 Å². The number of thioether (sulfide) groups is 1. The van der Waals surface area contributed by atoms with E-state index in [-0.39, 0.29) is 17.6 Å². The second kappa shape index (κ2) is 8.23. The molecule has 27 heavy (non-hydrogen) atoms. The largest absolute Gasteiger partial charge is 0.491 e. The van der Waals surface area contributed by atoms with E-state index in [0.717, 1.165) is 5.69 Å². The Bertz CT molecular complexity index is 857. The number of hydrogen-bond acceptors (Lipinski definition) is 4. The Morgan fingerprint density at radius 3 is 2.67 bits per heavy atom. The van der Waals surface area contributed by atoms with Gasteiger partial charge >= 0.3 is 0 Å². The van der Waals surface area contributed by atoms with E-state index in [1.54, 1.807) is 30.9 Å². The molecular formula is C20H21ClN2O3S. The zero-order chi connectivity index (χ0) is 19.4. The molecule has 0 saturated carbocycles. The van der Waals surface area contributed by atoms with Gasteiger partial charge in [-0.1, -0.05) is 35.9 Å². The summed E-state index contributed by atoms with van der Waals surface area (Å²) in [5.74, 6) is 1.23. The lowest BCUT2D eigenvalue weighted by molar-refractivity contribution is -0.125. The molecule has 0 aliphatic carbocycles. The van der Waals surface area contributed by atoms with E-state index in [0.29, 0.717) is 28.8 Å². The zero-order valence-corrected chi connectivity index (χ0v) is 16.8. The van der Waals surface area contributed by atoms with Crippen LogP contribution in [0.4, 0.5) is 11.4 Å². The summed E-state index contributed by atoms with van der Waals surface area (Å²) < 4.78 is 5.64. The van der Waals surface area contributed by atoms with Crippen LogP contribution in [0.15, 0.2) is 48.5 Å². The van der Waals surface area contributed by atoms with Crippen LogP contribution >= 0.6 is 23.4 Å². The molecule has 142 valence electrons. The van der Waals surface area contributed by atoms with Crippen molar-refractivity contribution >= 4 is 46.6 Å². The van der Waals surface area contributed by atoms with Gasteiger partial charge in [-0.25, -0.2) is 0 Å². The molecule has 0 bridgehead atoms. The summed E-state index contributed by atoms with van der Waals surface area (Å²) in [6.45, 7) is 3.95. The molecule has 0 unspecified atom stereocenters. The van der Waals surface area contributed by atoms with E-state index >= 15 is 0 Å². The highest BCUT2D eigenvalue weighted by molar-refractivity contribution is 7.99. The predicted molar refractivity (Wildman–Crippen MR) is 111 cm³/mol. The molecule has 1 aliphatic rings. The predicted octanol–water partition coefficient (Wildman–Crippen LogP) is 4.22. The molecule has 2 aromatic carbocycles. The lowest BCUT2D eigenvalue weighted by Crippen LogP contribution is -2.59. The first-order chi connectivity index (χ1) is 12.9. The van der Waals surface area contributed by atoms with E-state index in [1.807, 2.05) is 36.4 Å². The van der Waals surface area contributed by atoms with Crippen LogP contribution in [0.2, 0.25) is 5.02 Å². The standard InChI is InChI=1S/C20H21ClN2O3S/c1-20(2)19(25)22-15-8-4-5-9-16(15)23(20)18(24)13-27-12-11-26-17-10-6-3-7-14(17)21/h3-10H,11-13H2,1-2H3,(H,22,25). The SMILES string of the molecule is CC1(C)C(=O)Nc2ccccc2N1C(=O)CSCCOc1ccccc1Cl. The highest BCUT2D eigenvalue weighted by Crippen LogP contribution is 2.37. The first-order valence-electron chi connectivity index (χ1n) is 8.60. The van der Waals surface area contributed by atoms with Gasteiger partial charge in [0.2, 0.25) is 11.8 Å². The number of amides is 2. The maximum Gasteiger partial charge on any atom is 0.250 e.